The summed E-state index contributed by atoms with van der Waals surface area (Å²) in [5.74, 6) is -0.487. The fraction of sp³-hybridized carbons (Fsp3) is 0. The second-order valence-corrected chi connectivity index (χ2v) is 7.65. The Kier molecular flexibility index (Phi) is 10.8. The quantitative estimate of drug-likeness (QED) is 0.107. The van der Waals surface area contributed by atoms with E-state index < -0.39 is 11.9 Å². The lowest BCUT2D eigenvalue weighted by atomic mass is 10.1. The third-order valence-electron chi connectivity index (χ3n) is 4.89. The first-order valence-electron chi connectivity index (χ1n) is 11.6. The number of hydrogen-bond donors (Lipinski definition) is 0. The van der Waals surface area contributed by atoms with Crippen LogP contribution in [0.15, 0.2) is 117 Å². The minimum Gasteiger partial charge on any atom is -0.462 e. The zero-order valence-corrected chi connectivity index (χ0v) is 20.9. The molecule has 0 saturated carbocycles. The third kappa shape index (κ3) is 9.86. The van der Waals surface area contributed by atoms with Crippen molar-refractivity contribution in [1.82, 2.24) is 0 Å². The van der Waals surface area contributed by atoms with E-state index in [1.807, 2.05) is 24.3 Å². The number of benzene rings is 3. The van der Waals surface area contributed by atoms with E-state index in [2.05, 4.69) is 13.2 Å². The van der Waals surface area contributed by atoms with E-state index in [1.54, 1.807) is 60.7 Å². The molecule has 0 aliphatic heterocycles. The van der Waals surface area contributed by atoms with Gasteiger partial charge in [-0.2, -0.15) is 0 Å². The fourth-order valence-corrected chi connectivity index (χ4v) is 3.04. The van der Waals surface area contributed by atoms with Crippen LogP contribution in [0.2, 0.25) is 0 Å². The molecule has 3 aromatic carbocycles. The highest BCUT2D eigenvalue weighted by Crippen LogP contribution is 2.20. The van der Waals surface area contributed by atoms with Crippen molar-refractivity contribution in [3.05, 3.63) is 145 Å². The van der Waals surface area contributed by atoms with Gasteiger partial charge < -0.3 is 18.9 Å². The minimum atomic E-state index is -0.589. The summed E-state index contributed by atoms with van der Waals surface area (Å²) in [6, 6.07) is 19.3. The molecule has 196 valence electrons. The van der Waals surface area contributed by atoms with Crippen LogP contribution in [-0.2, 0) is 19.1 Å². The summed E-state index contributed by atoms with van der Waals surface area (Å²) in [5, 5.41) is 0. The molecule has 0 saturated heterocycles. The second kappa shape index (κ2) is 15.0. The van der Waals surface area contributed by atoms with E-state index in [9.17, 15) is 14.0 Å². The maximum atomic E-state index is 14.7. The van der Waals surface area contributed by atoms with Gasteiger partial charge in [0.1, 0.15) is 42.4 Å². The number of ether oxygens (including phenoxy) is 4. The molecule has 0 unspecified atom stereocenters. The number of hydrogen-bond acceptors (Lipinski definition) is 6. The summed E-state index contributed by atoms with van der Waals surface area (Å²) in [5.41, 5.74) is 2.74. The first-order chi connectivity index (χ1) is 19.0. The lowest BCUT2D eigenvalue weighted by Crippen LogP contribution is -1.93. The van der Waals surface area contributed by atoms with Gasteiger partial charge in [0.15, 0.2) is 0 Å². The van der Waals surface area contributed by atoms with Gasteiger partial charge in [-0.05, 0) is 47.0 Å². The average molecular weight is 525 g/mol. The van der Waals surface area contributed by atoms with Gasteiger partial charge in [0.25, 0.3) is 0 Å². The van der Waals surface area contributed by atoms with Crippen LogP contribution >= 0.6 is 0 Å². The zero-order chi connectivity index (χ0) is 27.9. The molecule has 0 spiro atoms. The Bertz CT molecular complexity index is 1450. The molecular formula is C32H25FO6. The van der Waals surface area contributed by atoms with Crippen molar-refractivity contribution >= 4 is 36.2 Å². The van der Waals surface area contributed by atoms with Crippen molar-refractivity contribution in [1.29, 1.82) is 0 Å². The smallest absolute Gasteiger partial charge is 0.335 e. The Morgan fingerprint density at radius 2 is 1.10 bits per heavy atom. The third-order valence-corrected chi connectivity index (χ3v) is 4.89. The summed E-state index contributed by atoms with van der Waals surface area (Å²) in [6.07, 6.45) is 13.9. The molecule has 0 atom stereocenters. The summed E-state index contributed by atoms with van der Waals surface area (Å²) >= 11 is 0. The first-order valence-corrected chi connectivity index (χ1v) is 11.6. The molecule has 0 aromatic heterocycles. The van der Waals surface area contributed by atoms with Crippen LogP contribution in [0.1, 0.15) is 22.3 Å². The lowest BCUT2D eigenvalue weighted by Gasteiger charge is -2.03. The van der Waals surface area contributed by atoms with Gasteiger partial charge in [-0.1, -0.05) is 73.9 Å². The number of carbonyl (C=O) groups is 2. The highest BCUT2D eigenvalue weighted by molar-refractivity contribution is 5.82. The number of esters is 2. The molecule has 0 aliphatic rings. The van der Waals surface area contributed by atoms with E-state index in [-0.39, 0.29) is 5.82 Å². The summed E-state index contributed by atoms with van der Waals surface area (Å²) in [4.78, 5) is 22.0. The standard InChI is InChI=1S/C32H25FO6/c1-3-31(34)38-19-17-36-28-9-5-7-24(21-28)11-12-26-14-16-27(30(33)23-26)15-13-25-8-6-10-29(22-25)37-18-20-39-32(35)4-2/h3-23H,1-2H2. The molecule has 0 fully saturated rings. The predicted molar refractivity (Wildman–Crippen MR) is 149 cm³/mol. The second-order valence-electron chi connectivity index (χ2n) is 7.65. The van der Waals surface area contributed by atoms with Crippen molar-refractivity contribution in [3.63, 3.8) is 0 Å². The Labute approximate surface area is 225 Å². The largest absolute Gasteiger partial charge is 0.462 e. The van der Waals surface area contributed by atoms with Gasteiger partial charge in [0.05, 0.1) is 0 Å². The molecule has 0 N–H and O–H groups in total. The Hall–Kier alpha value is -5.43. The van der Waals surface area contributed by atoms with Crippen LogP contribution in [-0.4, -0.2) is 11.9 Å². The summed E-state index contributed by atoms with van der Waals surface area (Å²) in [6.45, 7) is 6.60. The average Bonchev–Trinajstić information content (AvgIpc) is 2.96. The Morgan fingerprint density at radius 1 is 0.615 bits per heavy atom. The summed E-state index contributed by atoms with van der Waals surface area (Å²) in [7, 11) is 0. The Balaban J connectivity index is 1.60. The van der Waals surface area contributed by atoms with Crippen LogP contribution in [0.3, 0.4) is 0 Å². The fourth-order valence-electron chi connectivity index (χ4n) is 3.04. The van der Waals surface area contributed by atoms with Crippen molar-refractivity contribution in [2.75, 3.05) is 0 Å². The van der Waals surface area contributed by atoms with Crippen LogP contribution in [0.25, 0.3) is 24.3 Å². The molecule has 0 radical (unpaired) electrons. The maximum absolute atomic E-state index is 14.7. The van der Waals surface area contributed by atoms with E-state index in [4.69, 9.17) is 18.9 Å². The normalized spacial score (nSPS) is 11.2. The summed E-state index contributed by atoms with van der Waals surface area (Å²) < 4.78 is 35.0. The van der Waals surface area contributed by atoms with E-state index in [0.29, 0.717) is 22.6 Å². The molecule has 0 bridgehead atoms. The molecule has 3 rings (SSSR count). The zero-order valence-electron chi connectivity index (χ0n) is 20.9. The van der Waals surface area contributed by atoms with Crippen molar-refractivity contribution in [2.45, 2.75) is 0 Å². The van der Waals surface area contributed by atoms with Crippen molar-refractivity contribution in [3.8, 4) is 11.5 Å². The van der Waals surface area contributed by atoms with Crippen LogP contribution in [0, 0.1) is 5.82 Å². The monoisotopic (exact) mass is 524 g/mol. The van der Waals surface area contributed by atoms with Gasteiger partial charge in [-0.3, -0.25) is 0 Å². The van der Waals surface area contributed by atoms with E-state index in [0.717, 1.165) is 35.8 Å². The van der Waals surface area contributed by atoms with Crippen LogP contribution in [0.5, 0.6) is 11.5 Å². The number of halogens is 1. The van der Waals surface area contributed by atoms with E-state index >= 15 is 0 Å². The van der Waals surface area contributed by atoms with Gasteiger partial charge in [-0.25, -0.2) is 14.0 Å². The number of carbonyl (C=O) groups excluding carboxylic acids is 2. The molecule has 3 aromatic rings. The van der Waals surface area contributed by atoms with Crippen LogP contribution in [0.4, 0.5) is 4.39 Å². The van der Waals surface area contributed by atoms with Crippen LogP contribution < -0.4 is 9.47 Å². The molecular weight excluding hydrogens is 499 g/mol. The predicted octanol–water partition coefficient (Wildman–Crippen LogP) is 7.32. The van der Waals surface area contributed by atoms with Gasteiger partial charge in [-0.15, -0.1) is 0 Å². The first kappa shape index (κ1) is 28.1. The lowest BCUT2D eigenvalue weighted by molar-refractivity contribution is -0.133. The van der Waals surface area contributed by atoms with Gasteiger partial charge in [0.2, 0.25) is 0 Å². The van der Waals surface area contributed by atoms with Gasteiger partial charge >= 0.3 is 11.9 Å². The SMILES string of the molecule is C=CC(=O)OC=COc1cccc(C=Cc2ccc(C=Cc3cccc(OC=COC(=O)C=C)c3)c(F)c2)c1. The molecule has 0 amide bonds. The van der Waals surface area contributed by atoms with Crippen molar-refractivity contribution < 1.29 is 32.9 Å². The topological polar surface area (TPSA) is 71.1 Å². The molecule has 7 heteroatoms. The minimum absolute atomic E-state index is 0.371. The van der Waals surface area contributed by atoms with Gasteiger partial charge in [0, 0.05) is 17.7 Å². The molecule has 39 heavy (non-hydrogen) atoms. The van der Waals surface area contributed by atoms with Crippen molar-refractivity contribution in [2.24, 2.45) is 0 Å². The molecule has 6 nitrogen and oxygen atoms in total. The highest BCUT2D eigenvalue weighted by Gasteiger charge is 2.01. The molecule has 0 heterocycles. The Morgan fingerprint density at radius 3 is 1.59 bits per heavy atom. The maximum Gasteiger partial charge on any atom is 0.335 e. The molecule has 0 aliphatic carbocycles. The highest BCUT2D eigenvalue weighted by atomic mass is 19.1. The number of rotatable bonds is 12. The van der Waals surface area contributed by atoms with E-state index in [1.165, 1.54) is 18.6 Å².